The van der Waals surface area contributed by atoms with Gasteiger partial charge in [0.1, 0.15) is 5.76 Å². The first-order valence-electron chi connectivity index (χ1n) is 5.71. The van der Waals surface area contributed by atoms with Crippen molar-refractivity contribution >= 4 is 17.3 Å². The van der Waals surface area contributed by atoms with Gasteiger partial charge in [0.15, 0.2) is 0 Å². The van der Waals surface area contributed by atoms with Crippen LogP contribution in [-0.2, 0) is 17.8 Å². The SMILES string of the molecule is CC(NCc1ccc(CC(=O)O)s1)c1ccco1. The maximum Gasteiger partial charge on any atom is 0.308 e. The quantitative estimate of drug-likeness (QED) is 0.843. The molecule has 96 valence electrons. The maximum atomic E-state index is 10.6. The van der Waals surface area contributed by atoms with Gasteiger partial charge in [-0.2, -0.15) is 0 Å². The second kappa shape index (κ2) is 5.84. The van der Waals surface area contributed by atoms with Gasteiger partial charge < -0.3 is 14.8 Å². The molecule has 0 fully saturated rings. The van der Waals surface area contributed by atoms with Gasteiger partial charge in [-0.3, -0.25) is 4.79 Å². The van der Waals surface area contributed by atoms with Crippen LogP contribution in [0.15, 0.2) is 34.9 Å². The summed E-state index contributed by atoms with van der Waals surface area (Å²) in [6.45, 7) is 2.75. The average Bonchev–Trinajstić information content (AvgIpc) is 2.95. The number of furan rings is 1. The molecule has 5 heteroatoms. The summed E-state index contributed by atoms with van der Waals surface area (Å²) in [7, 11) is 0. The third kappa shape index (κ3) is 3.45. The Labute approximate surface area is 109 Å². The highest BCUT2D eigenvalue weighted by molar-refractivity contribution is 7.12. The minimum Gasteiger partial charge on any atom is -0.481 e. The van der Waals surface area contributed by atoms with Crippen LogP contribution in [0.2, 0.25) is 0 Å². The van der Waals surface area contributed by atoms with E-state index < -0.39 is 5.97 Å². The monoisotopic (exact) mass is 265 g/mol. The molecular formula is C13H15NO3S. The van der Waals surface area contributed by atoms with Crippen LogP contribution in [-0.4, -0.2) is 11.1 Å². The Morgan fingerprint density at radius 3 is 2.89 bits per heavy atom. The van der Waals surface area contributed by atoms with Crippen LogP contribution >= 0.6 is 11.3 Å². The van der Waals surface area contributed by atoms with Crippen LogP contribution in [0.3, 0.4) is 0 Å². The van der Waals surface area contributed by atoms with Crippen molar-refractivity contribution in [2.24, 2.45) is 0 Å². The van der Waals surface area contributed by atoms with Gasteiger partial charge in [-0.05, 0) is 31.2 Å². The molecule has 0 aliphatic heterocycles. The zero-order valence-corrected chi connectivity index (χ0v) is 10.9. The van der Waals surface area contributed by atoms with Crippen LogP contribution < -0.4 is 5.32 Å². The zero-order valence-electron chi connectivity index (χ0n) is 10.1. The van der Waals surface area contributed by atoms with Crippen molar-refractivity contribution in [2.45, 2.75) is 25.9 Å². The number of carbonyl (C=O) groups is 1. The van der Waals surface area contributed by atoms with Crippen LogP contribution in [0, 0.1) is 0 Å². The van der Waals surface area contributed by atoms with Crippen LogP contribution in [0.4, 0.5) is 0 Å². The summed E-state index contributed by atoms with van der Waals surface area (Å²) in [6.07, 6.45) is 1.75. The highest BCUT2D eigenvalue weighted by Crippen LogP contribution is 2.19. The second-order valence-corrected chi connectivity index (χ2v) is 5.31. The Hall–Kier alpha value is -1.59. The van der Waals surface area contributed by atoms with Gasteiger partial charge in [0.05, 0.1) is 18.7 Å². The third-order valence-electron chi connectivity index (χ3n) is 2.60. The van der Waals surface area contributed by atoms with E-state index in [1.54, 1.807) is 6.26 Å². The summed E-state index contributed by atoms with van der Waals surface area (Å²) >= 11 is 1.53. The molecule has 0 bridgehead atoms. The predicted octanol–water partition coefficient (Wildman–Crippen LogP) is 2.82. The summed E-state index contributed by atoms with van der Waals surface area (Å²) in [5, 5.41) is 12.0. The Morgan fingerprint density at radius 2 is 2.22 bits per heavy atom. The molecule has 18 heavy (non-hydrogen) atoms. The average molecular weight is 265 g/mol. The first-order valence-corrected chi connectivity index (χ1v) is 6.53. The van der Waals surface area contributed by atoms with E-state index in [9.17, 15) is 4.79 Å². The molecule has 0 spiro atoms. The van der Waals surface area contributed by atoms with E-state index in [0.717, 1.165) is 15.5 Å². The molecule has 2 N–H and O–H groups in total. The van der Waals surface area contributed by atoms with Gasteiger partial charge in [0.25, 0.3) is 0 Å². The number of carboxylic acid groups (broad SMARTS) is 1. The second-order valence-electron chi connectivity index (χ2n) is 4.06. The normalized spacial score (nSPS) is 12.5. The van der Waals surface area contributed by atoms with Gasteiger partial charge >= 0.3 is 5.97 Å². The number of thiophene rings is 1. The van der Waals surface area contributed by atoms with E-state index in [1.807, 2.05) is 31.2 Å². The van der Waals surface area contributed by atoms with E-state index in [2.05, 4.69) is 5.32 Å². The van der Waals surface area contributed by atoms with E-state index in [4.69, 9.17) is 9.52 Å². The minimum absolute atomic E-state index is 0.0956. The highest BCUT2D eigenvalue weighted by Gasteiger charge is 2.09. The van der Waals surface area contributed by atoms with Gasteiger partial charge in [-0.1, -0.05) is 0 Å². The lowest BCUT2D eigenvalue weighted by Gasteiger charge is -2.09. The molecule has 1 unspecified atom stereocenters. The molecule has 0 amide bonds. The molecule has 0 radical (unpaired) electrons. The lowest BCUT2D eigenvalue weighted by Crippen LogP contribution is -2.16. The number of aliphatic carboxylic acids is 1. The molecule has 2 heterocycles. The zero-order chi connectivity index (χ0) is 13.0. The number of hydrogen-bond donors (Lipinski definition) is 2. The van der Waals surface area contributed by atoms with Crippen LogP contribution in [0.1, 0.15) is 28.5 Å². The number of hydrogen-bond acceptors (Lipinski definition) is 4. The van der Waals surface area contributed by atoms with E-state index in [0.29, 0.717) is 6.54 Å². The molecule has 0 aliphatic rings. The van der Waals surface area contributed by atoms with Crippen molar-refractivity contribution in [3.63, 3.8) is 0 Å². The summed E-state index contributed by atoms with van der Waals surface area (Å²) < 4.78 is 5.30. The van der Waals surface area contributed by atoms with Gasteiger partial charge in [-0.25, -0.2) is 0 Å². The maximum absolute atomic E-state index is 10.6. The Morgan fingerprint density at radius 1 is 1.44 bits per heavy atom. The predicted molar refractivity (Wildman–Crippen MR) is 69.6 cm³/mol. The smallest absolute Gasteiger partial charge is 0.308 e. The Kier molecular flexibility index (Phi) is 4.17. The van der Waals surface area contributed by atoms with Crippen molar-refractivity contribution in [1.29, 1.82) is 0 Å². The fraction of sp³-hybridized carbons (Fsp3) is 0.308. The van der Waals surface area contributed by atoms with Crippen molar-refractivity contribution in [3.8, 4) is 0 Å². The minimum atomic E-state index is -0.791. The standard InChI is InChI=1S/C13H15NO3S/c1-9(12-3-2-6-17-12)14-8-11-5-4-10(18-11)7-13(15)16/h2-6,9,14H,7-8H2,1H3,(H,15,16). The molecule has 2 rings (SSSR count). The number of nitrogens with one attached hydrogen (secondary N) is 1. The number of rotatable bonds is 6. The molecule has 0 aromatic carbocycles. The lowest BCUT2D eigenvalue weighted by atomic mass is 10.2. The van der Waals surface area contributed by atoms with E-state index in [1.165, 1.54) is 11.3 Å². The molecule has 0 aliphatic carbocycles. The van der Waals surface area contributed by atoms with Crippen LogP contribution in [0.5, 0.6) is 0 Å². The first-order chi connectivity index (χ1) is 8.65. The molecule has 0 saturated heterocycles. The largest absolute Gasteiger partial charge is 0.481 e. The van der Waals surface area contributed by atoms with Crippen molar-refractivity contribution in [1.82, 2.24) is 5.32 Å². The van der Waals surface area contributed by atoms with Crippen molar-refractivity contribution in [3.05, 3.63) is 46.0 Å². The first kappa shape index (κ1) is 12.9. The Balaban J connectivity index is 1.86. The molecule has 2 aromatic heterocycles. The van der Waals surface area contributed by atoms with Gasteiger partial charge in [-0.15, -0.1) is 11.3 Å². The molecule has 0 saturated carbocycles. The fourth-order valence-electron chi connectivity index (χ4n) is 1.65. The number of carboxylic acids is 1. The van der Waals surface area contributed by atoms with E-state index in [-0.39, 0.29) is 12.5 Å². The summed E-state index contributed by atoms with van der Waals surface area (Å²) in [6, 6.07) is 7.77. The third-order valence-corrected chi connectivity index (χ3v) is 3.68. The Bertz CT molecular complexity index is 504. The topological polar surface area (TPSA) is 62.5 Å². The highest BCUT2D eigenvalue weighted by atomic mass is 32.1. The van der Waals surface area contributed by atoms with Gasteiger partial charge in [0, 0.05) is 16.3 Å². The lowest BCUT2D eigenvalue weighted by molar-refractivity contribution is -0.136. The summed E-state index contributed by atoms with van der Waals surface area (Å²) in [5.41, 5.74) is 0. The van der Waals surface area contributed by atoms with E-state index >= 15 is 0 Å². The van der Waals surface area contributed by atoms with Crippen molar-refractivity contribution in [2.75, 3.05) is 0 Å². The molecule has 2 aromatic rings. The molecule has 1 atom stereocenters. The molecule has 4 nitrogen and oxygen atoms in total. The summed E-state index contributed by atoms with van der Waals surface area (Å²) in [4.78, 5) is 12.6. The van der Waals surface area contributed by atoms with Crippen LogP contribution in [0.25, 0.3) is 0 Å². The molecular weight excluding hydrogens is 250 g/mol. The summed E-state index contributed by atoms with van der Waals surface area (Å²) in [5.74, 6) is 0.109. The van der Waals surface area contributed by atoms with Gasteiger partial charge in [0.2, 0.25) is 0 Å². The van der Waals surface area contributed by atoms with Crippen molar-refractivity contribution < 1.29 is 14.3 Å². The fourth-order valence-corrected chi connectivity index (χ4v) is 2.61.